The molecule has 4 aromatic rings. The zero-order valence-electron chi connectivity index (χ0n) is 11.7. The van der Waals surface area contributed by atoms with Crippen LogP contribution in [0.2, 0.25) is 0 Å². The van der Waals surface area contributed by atoms with Crippen LogP contribution in [0.4, 0.5) is 0 Å². The summed E-state index contributed by atoms with van der Waals surface area (Å²) in [7, 11) is 0. The monoisotopic (exact) mass is 310 g/mol. The fraction of sp³-hybridized carbons (Fsp3) is 0.0714. The first-order valence-electron chi connectivity index (χ1n) is 6.74. The van der Waals surface area contributed by atoms with Crippen molar-refractivity contribution in [2.45, 2.75) is 6.54 Å². The summed E-state index contributed by atoms with van der Waals surface area (Å²) in [5.41, 5.74) is 1.06. The summed E-state index contributed by atoms with van der Waals surface area (Å²) in [5.74, 6) is -1.06. The molecule has 0 aliphatic rings. The van der Waals surface area contributed by atoms with E-state index in [-0.39, 0.29) is 11.5 Å². The maximum atomic E-state index is 12.7. The summed E-state index contributed by atoms with van der Waals surface area (Å²) < 4.78 is 2.33. The van der Waals surface area contributed by atoms with Gasteiger partial charge in [-0.1, -0.05) is 18.2 Å². The van der Waals surface area contributed by atoms with Gasteiger partial charge in [-0.3, -0.25) is 14.2 Å². The molecule has 0 aliphatic carbocycles. The summed E-state index contributed by atoms with van der Waals surface area (Å²) >= 11 is 0. The first kappa shape index (κ1) is 13.2. The number of hydrogen-bond acceptors (Lipinski definition) is 5. The number of carboxylic acid groups (broad SMARTS) is 1. The van der Waals surface area contributed by atoms with E-state index >= 15 is 0 Å². The number of hydrogen-bond donors (Lipinski definition) is 2. The molecule has 3 aromatic heterocycles. The molecule has 114 valence electrons. The normalized spacial score (nSPS) is 11.3. The molecule has 0 radical (unpaired) electrons. The average molecular weight is 310 g/mol. The second-order valence-electron chi connectivity index (χ2n) is 4.96. The van der Waals surface area contributed by atoms with Crippen LogP contribution in [0, 0.1) is 0 Å². The smallest absolute Gasteiger partial charge is 0.323 e. The number of nitrogens with one attached hydrogen (secondary N) is 1. The van der Waals surface area contributed by atoms with Gasteiger partial charge in [0.05, 0.1) is 0 Å². The van der Waals surface area contributed by atoms with Gasteiger partial charge in [-0.15, -0.1) is 10.2 Å². The second kappa shape index (κ2) is 4.77. The highest BCUT2D eigenvalue weighted by Gasteiger charge is 2.18. The van der Waals surface area contributed by atoms with Crippen LogP contribution in [-0.4, -0.2) is 40.4 Å². The number of nitrogens with zero attached hydrogens (tertiary/aromatic N) is 5. The van der Waals surface area contributed by atoms with E-state index in [0.717, 1.165) is 15.5 Å². The number of aromatic amines is 1. The molecule has 0 atom stereocenters. The standard InChI is InChI=1S/C14H10N6O3/c21-11(22)6-19-13(23)12(18-20-7-16-17-14(19)20)9-5-15-10-4-2-1-3-8(9)10/h1-5,7,15H,6H2,(H,21,22). The van der Waals surface area contributed by atoms with Crippen LogP contribution in [0.3, 0.4) is 0 Å². The van der Waals surface area contributed by atoms with E-state index in [9.17, 15) is 9.59 Å². The Balaban J connectivity index is 2.06. The number of para-hydroxylation sites is 1. The lowest BCUT2D eigenvalue weighted by Crippen LogP contribution is -2.29. The van der Waals surface area contributed by atoms with Crippen molar-refractivity contribution in [2.75, 3.05) is 0 Å². The Morgan fingerprint density at radius 3 is 2.96 bits per heavy atom. The van der Waals surface area contributed by atoms with Crippen molar-refractivity contribution in [3.05, 3.63) is 47.1 Å². The maximum Gasteiger partial charge on any atom is 0.323 e. The highest BCUT2D eigenvalue weighted by Crippen LogP contribution is 2.24. The summed E-state index contributed by atoms with van der Waals surface area (Å²) in [6, 6.07) is 7.47. The van der Waals surface area contributed by atoms with Gasteiger partial charge < -0.3 is 10.1 Å². The van der Waals surface area contributed by atoms with Crippen molar-refractivity contribution >= 4 is 22.6 Å². The summed E-state index contributed by atoms with van der Waals surface area (Å²) in [4.78, 5) is 26.8. The Hall–Kier alpha value is -3.49. The van der Waals surface area contributed by atoms with Gasteiger partial charge in [0.1, 0.15) is 12.9 Å². The molecule has 0 spiro atoms. The predicted molar refractivity (Wildman–Crippen MR) is 80.0 cm³/mol. The van der Waals surface area contributed by atoms with Gasteiger partial charge in [-0.2, -0.15) is 9.61 Å². The summed E-state index contributed by atoms with van der Waals surface area (Å²) in [6.07, 6.45) is 3.00. The lowest BCUT2D eigenvalue weighted by Gasteiger charge is -2.06. The molecule has 23 heavy (non-hydrogen) atoms. The van der Waals surface area contributed by atoms with Crippen LogP contribution < -0.4 is 5.56 Å². The number of fused-ring (bicyclic) bond motifs is 2. The molecular formula is C14H10N6O3. The maximum absolute atomic E-state index is 12.7. The van der Waals surface area contributed by atoms with Crippen molar-refractivity contribution < 1.29 is 9.90 Å². The van der Waals surface area contributed by atoms with Crippen molar-refractivity contribution in [3.8, 4) is 11.3 Å². The average Bonchev–Trinajstić information content (AvgIpc) is 3.16. The minimum atomic E-state index is -1.15. The number of benzene rings is 1. The molecule has 0 saturated heterocycles. The molecular weight excluding hydrogens is 300 g/mol. The van der Waals surface area contributed by atoms with Crippen LogP contribution >= 0.6 is 0 Å². The van der Waals surface area contributed by atoms with Gasteiger partial charge in [0, 0.05) is 22.7 Å². The minimum absolute atomic E-state index is 0.0843. The minimum Gasteiger partial charge on any atom is -0.480 e. The van der Waals surface area contributed by atoms with Gasteiger partial charge in [0.25, 0.3) is 11.3 Å². The molecule has 0 amide bonds. The number of carbonyl (C=O) groups is 1. The van der Waals surface area contributed by atoms with E-state index in [1.54, 1.807) is 6.20 Å². The fourth-order valence-electron chi connectivity index (χ4n) is 2.56. The zero-order valence-corrected chi connectivity index (χ0v) is 11.7. The zero-order chi connectivity index (χ0) is 16.0. The van der Waals surface area contributed by atoms with Crippen LogP contribution in [-0.2, 0) is 11.3 Å². The SMILES string of the molecule is O=C(O)Cn1c(=O)c(-c2c[nH]c3ccccc23)nn2cnnc12. The number of rotatable bonds is 3. The van der Waals surface area contributed by atoms with Crippen molar-refractivity contribution in [2.24, 2.45) is 0 Å². The Kier molecular flexibility index (Phi) is 2.73. The third kappa shape index (κ3) is 1.98. The van der Waals surface area contributed by atoms with E-state index < -0.39 is 18.1 Å². The molecule has 9 nitrogen and oxygen atoms in total. The van der Waals surface area contributed by atoms with E-state index in [2.05, 4.69) is 20.3 Å². The van der Waals surface area contributed by atoms with Crippen LogP contribution in [0.5, 0.6) is 0 Å². The van der Waals surface area contributed by atoms with E-state index in [1.807, 2.05) is 24.3 Å². The number of aromatic nitrogens is 6. The van der Waals surface area contributed by atoms with Crippen LogP contribution in [0.1, 0.15) is 0 Å². The van der Waals surface area contributed by atoms with Crippen LogP contribution in [0.25, 0.3) is 27.9 Å². The molecule has 9 heteroatoms. The largest absolute Gasteiger partial charge is 0.480 e. The number of H-pyrrole nitrogens is 1. The molecule has 0 saturated carbocycles. The topological polar surface area (TPSA) is 118 Å². The van der Waals surface area contributed by atoms with E-state index in [0.29, 0.717) is 5.56 Å². The van der Waals surface area contributed by atoms with E-state index in [4.69, 9.17) is 5.11 Å². The lowest BCUT2D eigenvalue weighted by atomic mass is 10.1. The van der Waals surface area contributed by atoms with Crippen molar-refractivity contribution in [1.82, 2.24) is 29.4 Å². The molecule has 0 unspecified atom stereocenters. The van der Waals surface area contributed by atoms with Crippen molar-refractivity contribution in [3.63, 3.8) is 0 Å². The molecule has 1 aromatic carbocycles. The highest BCUT2D eigenvalue weighted by atomic mass is 16.4. The summed E-state index contributed by atoms with van der Waals surface area (Å²) in [5, 5.41) is 21.5. The quantitative estimate of drug-likeness (QED) is 0.569. The molecule has 3 heterocycles. The van der Waals surface area contributed by atoms with Gasteiger partial charge >= 0.3 is 5.97 Å². The number of carboxylic acids is 1. The molecule has 4 rings (SSSR count). The predicted octanol–water partition coefficient (Wildman–Crippen LogP) is 0.519. The van der Waals surface area contributed by atoms with E-state index in [1.165, 1.54) is 10.8 Å². The Morgan fingerprint density at radius 2 is 2.13 bits per heavy atom. The lowest BCUT2D eigenvalue weighted by molar-refractivity contribution is -0.137. The fourth-order valence-corrected chi connectivity index (χ4v) is 2.56. The molecule has 2 N–H and O–H groups in total. The van der Waals surface area contributed by atoms with Gasteiger partial charge in [0.2, 0.25) is 0 Å². The van der Waals surface area contributed by atoms with Gasteiger partial charge in [0.15, 0.2) is 5.69 Å². The summed E-state index contributed by atoms with van der Waals surface area (Å²) in [6.45, 7) is -0.515. The Morgan fingerprint density at radius 1 is 1.30 bits per heavy atom. The second-order valence-corrected chi connectivity index (χ2v) is 4.96. The Bertz CT molecular complexity index is 1110. The third-order valence-electron chi connectivity index (χ3n) is 3.55. The first-order valence-corrected chi connectivity index (χ1v) is 6.74. The van der Waals surface area contributed by atoms with Gasteiger partial charge in [-0.05, 0) is 6.07 Å². The molecule has 0 aliphatic heterocycles. The molecule has 0 fully saturated rings. The highest BCUT2D eigenvalue weighted by molar-refractivity contribution is 5.94. The number of aliphatic carboxylic acids is 1. The third-order valence-corrected chi connectivity index (χ3v) is 3.55. The molecule has 0 bridgehead atoms. The van der Waals surface area contributed by atoms with Gasteiger partial charge in [-0.25, -0.2) is 0 Å². The first-order chi connectivity index (χ1) is 11.1. The van der Waals surface area contributed by atoms with Crippen molar-refractivity contribution in [1.29, 1.82) is 0 Å². The van der Waals surface area contributed by atoms with Crippen LogP contribution in [0.15, 0.2) is 41.6 Å². The Labute approximate surface area is 127 Å².